The van der Waals surface area contributed by atoms with E-state index in [1.165, 1.54) is 360 Å². The molecule has 0 aliphatic heterocycles. The van der Waals surface area contributed by atoms with E-state index in [0.717, 1.165) is 52.1 Å². The summed E-state index contributed by atoms with van der Waals surface area (Å²) < 4.78 is 0. The molecule has 0 aliphatic rings. The molecule has 7 heteroatoms. The maximum Gasteiger partial charge on any atom is 2.00 e. The fourth-order valence-corrected chi connectivity index (χ4v) is 11.7. The average molecular weight is 1140 g/mol. The summed E-state index contributed by atoms with van der Waals surface area (Å²) in [7, 11) is 0. The molecule has 0 aromatic rings. The van der Waals surface area contributed by atoms with Crippen LogP contribution in [-0.2, 0) is 9.59 Å². The molecule has 0 aromatic heterocycles. The van der Waals surface area contributed by atoms with E-state index in [-0.39, 0.29) is 50.6 Å². The molecule has 0 rings (SSSR count). The van der Waals surface area contributed by atoms with Gasteiger partial charge in [-0.3, -0.25) is 0 Å². The van der Waals surface area contributed by atoms with Gasteiger partial charge in [-0.2, -0.15) is 0 Å². The third-order valence-electron chi connectivity index (χ3n) is 17.0. The second-order valence-corrected chi connectivity index (χ2v) is 25.0. The Morgan fingerprint density at radius 3 is 0.443 bits per heavy atom. The molecule has 6 nitrogen and oxygen atoms in total. The SMILES string of the molecule is CCCCCCCCCCCCCCCCN(CCCCCCCCCCCCCCCC)CCCC(=O)[O-].CCCCCCCCCCCCCCCCN(CCCCCCCCCCCCCCCC)CCCC(=O)[O-].[Ca+2]. The van der Waals surface area contributed by atoms with Crippen molar-refractivity contribution < 1.29 is 19.8 Å². The maximum absolute atomic E-state index is 10.8. The minimum Gasteiger partial charge on any atom is -0.550 e. The number of carbonyl (C=O) groups excluding carboxylic acids is 2. The van der Waals surface area contributed by atoms with Crippen molar-refractivity contribution in [1.82, 2.24) is 9.80 Å². The fraction of sp³-hybridized carbons (Fsp3) is 0.972. The van der Waals surface area contributed by atoms with Crippen LogP contribution < -0.4 is 10.2 Å². The van der Waals surface area contributed by atoms with Crippen molar-refractivity contribution in [2.45, 2.75) is 413 Å². The van der Waals surface area contributed by atoms with Gasteiger partial charge in [0.25, 0.3) is 0 Å². The van der Waals surface area contributed by atoms with Crippen LogP contribution in [0, 0.1) is 0 Å². The second-order valence-electron chi connectivity index (χ2n) is 25.0. The first-order valence-corrected chi connectivity index (χ1v) is 36.2. The van der Waals surface area contributed by atoms with Crippen LogP contribution in [0.15, 0.2) is 0 Å². The summed E-state index contributed by atoms with van der Waals surface area (Å²) in [6, 6.07) is 0. The molecule has 0 radical (unpaired) electrons. The van der Waals surface area contributed by atoms with Gasteiger partial charge in [-0.25, -0.2) is 0 Å². The first kappa shape index (κ1) is 83.3. The number of carboxylic acids is 2. The van der Waals surface area contributed by atoms with Crippen LogP contribution in [0.2, 0.25) is 0 Å². The molecule has 0 amide bonds. The molecule has 0 saturated carbocycles. The molecule has 0 unspecified atom stereocenters. The van der Waals surface area contributed by atoms with Crippen molar-refractivity contribution in [3.8, 4) is 0 Å². The van der Waals surface area contributed by atoms with Crippen LogP contribution in [0.5, 0.6) is 0 Å². The Hall–Kier alpha value is 0.120. The number of carboxylic acid groups (broad SMARTS) is 2. The quantitative estimate of drug-likeness (QED) is 0.0445. The Labute approximate surface area is 527 Å². The summed E-state index contributed by atoms with van der Waals surface area (Å²) >= 11 is 0. The largest absolute Gasteiger partial charge is 2.00 e. The first-order valence-electron chi connectivity index (χ1n) is 36.2. The Morgan fingerprint density at radius 2 is 0.316 bits per heavy atom. The normalized spacial score (nSPS) is 11.4. The molecule has 79 heavy (non-hydrogen) atoms. The van der Waals surface area contributed by atoms with Crippen molar-refractivity contribution >= 4 is 49.7 Å². The van der Waals surface area contributed by atoms with Gasteiger partial charge in [0.1, 0.15) is 0 Å². The van der Waals surface area contributed by atoms with Gasteiger partial charge in [-0.05, 0) is 90.6 Å². The molecule has 0 aromatic carbocycles. The van der Waals surface area contributed by atoms with Crippen molar-refractivity contribution in [1.29, 1.82) is 0 Å². The van der Waals surface area contributed by atoms with Gasteiger partial charge in [-0.1, -0.05) is 362 Å². The van der Waals surface area contributed by atoms with Crippen LogP contribution in [0.25, 0.3) is 0 Å². The van der Waals surface area contributed by atoms with Gasteiger partial charge in [0.15, 0.2) is 0 Å². The van der Waals surface area contributed by atoms with Gasteiger partial charge >= 0.3 is 37.7 Å². The smallest absolute Gasteiger partial charge is 0.550 e. The van der Waals surface area contributed by atoms with Crippen LogP contribution in [0.3, 0.4) is 0 Å². The van der Waals surface area contributed by atoms with E-state index in [0.29, 0.717) is 0 Å². The number of hydrogen-bond acceptors (Lipinski definition) is 6. The number of nitrogens with zero attached hydrogens (tertiary/aromatic N) is 2. The van der Waals surface area contributed by atoms with Gasteiger partial charge in [0.2, 0.25) is 0 Å². The summed E-state index contributed by atoms with van der Waals surface area (Å²) in [5, 5.41) is 21.7. The Bertz CT molecular complexity index is 962. The number of unbranched alkanes of at least 4 members (excludes halogenated alkanes) is 52. The van der Waals surface area contributed by atoms with Gasteiger partial charge in [0, 0.05) is 11.9 Å². The summed E-state index contributed by atoms with van der Waals surface area (Å²) in [5.74, 6) is -1.80. The molecule has 0 fully saturated rings. The average Bonchev–Trinajstić information content (AvgIpc) is 3.42. The zero-order valence-electron chi connectivity index (χ0n) is 54.9. The fourth-order valence-electron chi connectivity index (χ4n) is 11.7. The van der Waals surface area contributed by atoms with E-state index in [1.807, 2.05) is 0 Å². The van der Waals surface area contributed by atoms with Crippen molar-refractivity contribution in [3.63, 3.8) is 0 Å². The zero-order chi connectivity index (χ0) is 57.0. The monoisotopic (exact) mass is 1140 g/mol. The zero-order valence-corrected chi connectivity index (χ0v) is 57.1. The third-order valence-corrected chi connectivity index (χ3v) is 17.0. The number of carbonyl (C=O) groups is 2. The minimum atomic E-state index is -0.900. The molecule has 0 aliphatic carbocycles. The molecule has 0 saturated heterocycles. The summed E-state index contributed by atoms with van der Waals surface area (Å²) in [4.78, 5) is 26.8. The molecule has 0 heterocycles. The molecule has 0 spiro atoms. The number of hydrogen-bond donors (Lipinski definition) is 0. The molecule has 0 bridgehead atoms. The molecular formula is C72H144CaN2O4. The number of aliphatic carboxylic acids is 2. The van der Waals surface area contributed by atoms with Crippen LogP contribution in [0.1, 0.15) is 413 Å². The van der Waals surface area contributed by atoms with Gasteiger partial charge in [0.05, 0.1) is 0 Å². The van der Waals surface area contributed by atoms with Crippen LogP contribution >= 0.6 is 0 Å². The van der Waals surface area contributed by atoms with Crippen molar-refractivity contribution in [2.24, 2.45) is 0 Å². The van der Waals surface area contributed by atoms with E-state index in [4.69, 9.17) is 0 Å². The van der Waals surface area contributed by atoms with E-state index in [2.05, 4.69) is 37.5 Å². The van der Waals surface area contributed by atoms with Crippen molar-refractivity contribution in [3.05, 3.63) is 0 Å². The molecule has 0 N–H and O–H groups in total. The molecular weight excluding hydrogens is 997 g/mol. The second kappa shape index (κ2) is 76.1. The Morgan fingerprint density at radius 1 is 0.203 bits per heavy atom. The first-order chi connectivity index (χ1) is 38.4. The van der Waals surface area contributed by atoms with Crippen molar-refractivity contribution in [2.75, 3.05) is 39.3 Å². The standard InChI is InChI=1S/2C36H73NO2.Ca/c2*1-3-5-7-9-11-13-15-17-19-21-23-25-27-29-33-37(35-31-32-36(38)39)34-30-28-26-24-22-20-18-16-14-12-10-8-6-4-2;/h2*3-35H2,1-2H3,(H,38,39);/q;;+2/p-2. The van der Waals surface area contributed by atoms with E-state index in [1.54, 1.807) is 0 Å². The van der Waals surface area contributed by atoms with E-state index < -0.39 is 11.9 Å². The predicted molar refractivity (Wildman–Crippen MR) is 348 cm³/mol. The maximum atomic E-state index is 10.8. The summed E-state index contributed by atoms with van der Waals surface area (Å²) in [5.41, 5.74) is 0. The third kappa shape index (κ3) is 78.1. The Kier molecular flexibility index (Phi) is 80.3. The van der Waals surface area contributed by atoms with Crippen LogP contribution in [-0.4, -0.2) is 98.7 Å². The summed E-state index contributed by atoms with van der Waals surface area (Å²) in [6.45, 7) is 15.6. The summed E-state index contributed by atoms with van der Waals surface area (Å²) in [6.07, 6.45) is 80.1. The van der Waals surface area contributed by atoms with E-state index in [9.17, 15) is 19.8 Å². The topological polar surface area (TPSA) is 86.7 Å². The van der Waals surface area contributed by atoms with Gasteiger partial charge in [-0.15, -0.1) is 0 Å². The van der Waals surface area contributed by atoms with E-state index >= 15 is 0 Å². The molecule has 0 atom stereocenters. The predicted octanol–water partition coefficient (Wildman–Crippen LogP) is 21.2. The van der Waals surface area contributed by atoms with Crippen LogP contribution in [0.4, 0.5) is 0 Å². The number of rotatable bonds is 68. The molecule has 468 valence electrons. The minimum absolute atomic E-state index is 0. The Balaban J connectivity index is -0.00000144. The van der Waals surface area contributed by atoms with Gasteiger partial charge < -0.3 is 29.6 Å².